The first-order valence-electron chi connectivity index (χ1n) is 7.78. The van der Waals surface area contributed by atoms with E-state index in [2.05, 4.69) is 29.2 Å². The Kier molecular flexibility index (Phi) is 4.71. The zero-order valence-corrected chi connectivity index (χ0v) is 12.7. The van der Waals surface area contributed by atoms with Crippen molar-refractivity contribution in [1.82, 2.24) is 4.90 Å². The van der Waals surface area contributed by atoms with E-state index in [1.165, 1.54) is 17.7 Å². The van der Waals surface area contributed by atoms with Crippen molar-refractivity contribution < 1.29 is 4.39 Å². The van der Waals surface area contributed by atoms with Gasteiger partial charge in [-0.2, -0.15) is 0 Å². The Morgan fingerprint density at radius 1 is 1.00 bits per heavy atom. The molecule has 0 radical (unpaired) electrons. The van der Waals surface area contributed by atoms with Crippen LogP contribution in [0.1, 0.15) is 18.4 Å². The van der Waals surface area contributed by atoms with Gasteiger partial charge in [-0.25, -0.2) is 10.2 Å². The van der Waals surface area contributed by atoms with Crippen molar-refractivity contribution in [3.63, 3.8) is 0 Å². The number of nitrogens with zero attached hydrogens (tertiary/aromatic N) is 2. The predicted molar refractivity (Wildman–Crippen MR) is 87.8 cm³/mol. The van der Waals surface area contributed by atoms with Gasteiger partial charge in [0.25, 0.3) is 0 Å². The molecule has 1 fully saturated rings. The number of anilines is 1. The van der Waals surface area contributed by atoms with Crippen LogP contribution in [-0.4, -0.2) is 24.0 Å². The summed E-state index contributed by atoms with van der Waals surface area (Å²) in [6.07, 6.45) is 2.06. The molecular formula is C18H22FN3. The summed E-state index contributed by atoms with van der Waals surface area (Å²) in [4.78, 5) is 2.46. The topological polar surface area (TPSA) is 32.5 Å². The van der Waals surface area contributed by atoms with E-state index >= 15 is 0 Å². The monoisotopic (exact) mass is 299 g/mol. The molecule has 3 rings (SSSR count). The Balaban J connectivity index is 1.54. The van der Waals surface area contributed by atoms with Gasteiger partial charge in [0.05, 0.1) is 5.69 Å². The minimum absolute atomic E-state index is 0.227. The standard InChI is InChI=1S/C18H22FN3/c19-16-6-8-17(9-7-16)22(20)18-10-12-21(13-11-18)14-15-4-2-1-3-5-15/h1-9,18H,10-14,20H2. The van der Waals surface area contributed by atoms with Crippen molar-refractivity contribution >= 4 is 5.69 Å². The Morgan fingerprint density at radius 2 is 1.64 bits per heavy atom. The summed E-state index contributed by atoms with van der Waals surface area (Å²) in [5.74, 6) is 5.98. The van der Waals surface area contributed by atoms with Gasteiger partial charge in [-0.1, -0.05) is 30.3 Å². The molecule has 2 aromatic carbocycles. The number of hydrogen-bond acceptors (Lipinski definition) is 3. The molecule has 0 spiro atoms. The van der Waals surface area contributed by atoms with Crippen LogP contribution in [0.2, 0.25) is 0 Å². The lowest BCUT2D eigenvalue weighted by Gasteiger charge is -2.37. The third-order valence-electron chi connectivity index (χ3n) is 4.32. The molecule has 0 aromatic heterocycles. The molecule has 0 atom stereocenters. The van der Waals surface area contributed by atoms with E-state index in [1.807, 2.05) is 6.07 Å². The summed E-state index contributed by atoms with van der Waals surface area (Å²) < 4.78 is 13.0. The van der Waals surface area contributed by atoms with Gasteiger partial charge in [0.15, 0.2) is 0 Å². The first-order valence-corrected chi connectivity index (χ1v) is 7.78. The highest BCUT2D eigenvalue weighted by atomic mass is 19.1. The molecule has 116 valence electrons. The minimum Gasteiger partial charge on any atom is -0.308 e. The Hall–Kier alpha value is -1.91. The van der Waals surface area contributed by atoms with Gasteiger partial charge in [-0.3, -0.25) is 4.90 Å². The molecule has 4 heteroatoms. The molecule has 0 aliphatic carbocycles. The number of piperidine rings is 1. The Bertz CT molecular complexity index is 577. The number of halogens is 1. The molecule has 1 aliphatic rings. The van der Waals surface area contributed by atoms with Crippen LogP contribution >= 0.6 is 0 Å². The van der Waals surface area contributed by atoms with Gasteiger partial charge in [-0.15, -0.1) is 0 Å². The van der Waals surface area contributed by atoms with Crippen molar-refractivity contribution in [3.8, 4) is 0 Å². The molecule has 0 amide bonds. The fourth-order valence-corrected chi connectivity index (χ4v) is 3.02. The summed E-state index contributed by atoms with van der Waals surface area (Å²) in [6.45, 7) is 3.07. The van der Waals surface area contributed by atoms with Crippen LogP contribution in [0.4, 0.5) is 10.1 Å². The van der Waals surface area contributed by atoms with Gasteiger partial charge < -0.3 is 5.01 Å². The molecule has 2 N–H and O–H groups in total. The van der Waals surface area contributed by atoms with Gasteiger partial charge >= 0.3 is 0 Å². The van der Waals surface area contributed by atoms with Gasteiger partial charge in [0, 0.05) is 25.7 Å². The van der Waals surface area contributed by atoms with E-state index in [9.17, 15) is 4.39 Å². The maximum atomic E-state index is 13.0. The average molecular weight is 299 g/mol. The van der Waals surface area contributed by atoms with Crippen molar-refractivity contribution in [3.05, 3.63) is 66.0 Å². The second kappa shape index (κ2) is 6.90. The number of benzene rings is 2. The van der Waals surface area contributed by atoms with Crippen LogP contribution in [-0.2, 0) is 6.54 Å². The van der Waals surface area contributed by atoms with Crippen molar-refractivity contribution in [2.24, 2.45) is 5.84 Å². The summed E-state index contributed by atoms with van der Waals surface area (Å²) in [5.41, 5.74) is 2.23. The Morgan fingerprint density at radius 3 is 2.27 bits per heavy atom. The lowest BCUT2D eigenvalue weighted by molar-refractivity contribution is 0.201. The molecule has 0 bridgehead atoms. The summed E-state index contributed by atoms with van der Waals surface area (Å²) in [6, 6.07) is 17.3. The van der Waals surface area contributed by atoms with Crippen LogP contribution in [0, 0.1) is 5.82 Å². The molecule has 3 nitrogen and oxygen atoms in total. The van der Waals surface area contributed by atoms with E-state index < -0.39 is 0 Å². The summed E-state index contributed by atoms with van der Waals surface area (Å²) >= 11 is 0. The SMILES string of the molecule is NN(c1ccc(F)cc1)C1CCN(Cc2ccccc2)CC1. The smallest absolute Gasteiger partial charge is 0.123 e. The van der Waals surface area contributed by atoms with Crippen molar-refractivity contribution in [2.75, 3.05) is 18.1 Å². The molecule has 0 unspecified atom stereocenters. The maximum Gasteiger partial charge on any atom is 0.123 e. The molecule has 1 saturated heterocycles. The van der Waals surface area contributed by atoms with E-state index in [0.717, 1.165) is 38.2 Å². The van der Waals surface area contributed by atoms with E-state index in [4.69, 9.17) is 5.84 Å². The largest absolute Gasteiger partial charge is 0.308 e. The van der Waals surface area contributed by atoms with Crippen LogP contribution in [0.5, 0.6) is 0 Å². The molecular weight excluding hydrogens is 277 g/mol. The third-order valence-corrected chi connectivity index (χ3v) is 4.32. The van der Waals surface area contributed by atoms with Crippen LogP contribution in [0.3, 0.4) is 0 Å². The zero-order valence-electron chi connectivity index (χ0n) is 12.7. The highest BCUT2D eigenvalue weighted by Gasteiger charge is 2.23. The van der Waals surface area contributed by atoms with Crippen LogP contribution in [0.15, 0.2) is 54.6 Å². The van der Waals surface area contributed by atoms with E-state index in [1.54, 1.807) is 17.1 Å². The second-order valence-corrected chi connectivity index (χ2v) is 5.88. The summed E-state index contributed by atoms with van der Waals surface area (Å²) in [7, 11) is 0. The lowest BCUT2D eigenvalue weighted by Crippen LogP contribution is -2.48. The maximum absolute atomic E-state index is 13.0. The highest BCUT2D eigenvalue weighted by Crippen LogP contribution is 2.22. The zero-order chi connectivity index (χ0) is 15.4. The van der Waals surface area contributed by atoms with E-state index in [-0.39, 0.29) is 5.82 Å². The van der Waals surface area contributed by atoms with Gasteiger partial charge in [-0.05, 0) is 42.7 Å². The quantitative estimate of drug-likeness (QED) is 0.695. The molecule has 0 saturated carbocycles. The third kappa shape index (κ3) is 3.64. The summed E-state index contributed by atoms with van der Waals surface area (Å²) in [5, 5.41) is 1.79. The van der Waals surface area contributed by atoms with Gasteiger partial charge in [0.2, 0.25) is 0 Å². The number of hydrogen-bond donors (Lipinski definition) is 1. The van der Waals surface area contributed by atoms with Gasteiger partial charge in [0.1, 0.15) is 5.82 Å². The lowest BCUT2D eigenvalue weighted by atomic mass is 10.0. The van der Waals surface area contributed by atoms with Crippen LogP contribution < -0.4 is 10.9 Å². The number of rotatable bonds is 4. The molecule has 2 aromatic rings. The Labute approximate surface area is 131 Å². The first kappa shape index (κ1) is 15.0. The number of hydrazine groups is 1. The number of nitrogens with two attached hydrogens (primary N) is 1. The molecule has 22 heavy (non-hydrogen) atoms. The van der Waals surface area contributed by atoms with E-state index in [0.29, 0.717) is 6.04 Å². The second-order valence-electron chi connectivity index (χ2n) is 5.88. The van der Waals surface area contributed by atoms with Crippen molar-refractivity contribution in [1.29, 1.82) is 0 Å². The molecule has 1 heterocycles. The number of likely N-dealkylation sites (tertiary alicyclic amines) is 1. The first-order chi connectivity index (χ1) is 10.7. The molecule has 1 aliphatic heterocycles. The van der Waals surface area contributed by atoms with Crippen molar-refractivity contribution in [2.45, 2.75) is 25.4 Å². The normalized spacial score (nSPS) is 16.6. The highest BCUT2D eigenvalue weighted by molar-refractivity contribution is 5.45. The fourth-order valence-electron chi connectivity index (χ4n) is 3.02. The minimum atomic E-state index is -0.227. The van der Waals surface area contributed by atoms with Crippen LogP contribution in [0.25, 0.3) is 0 Å². The predicted octanol–water partition coefficient (Wildman–Crippen LogP) is 3.17. The average Bonchev–Trinajstić information content (AvgIpc) is 2.57. The fraction of sp³-hybridized carbons (Fsp3) is 0.333.